The number of benzene rings is 1. The van der Waals surface area contributed by atoms with Crippen molar-refractivity contribution < 1.29 is 33.0 Å². The van der Waals surface area contributed by atoms with Crippen molar-refractivity contribution >= 4 is 34.9 Å². The van der Waals surface area contributed by atoms with E-state index in [1.165, 1.54) is 4.90 Å². The van der Waals surface area contributed by atoms with Crippen LogP contribution in [0.25, 0.3) is 11.0 Å². The quantitative estimate of drug-likeness (QED) is 0.149. The van der Waals surface area contributed by atoms with Gasteiger partial charge < -0.3 is 38.7 Å². The maximum atomic E-state index is 13.5. The van der Waals surface area contributed by atoms with Gasteiger partial charge >= 0.3 is 6.09 Å². The number of nitrogens with zero attached hydrogens (tertiary/aromatic N) is 5. The number of fused-ring (bicyclic) bond motifs is 1. The molecule has 2 aromatic heterocycles. The number of nitrogens with two attached hydrogens (primary N) is 1. The smallest absolute Gasteiger partial charge is 0.410 e. The van der Waals surface area contributed by atoms with E-state index >= 15 is 0 Å². The van der Waals surface area contributed by atoms with E-state index < -0.39 is 23.5 Å². The first-order valence-corrected chi connectivity index (χ1v) is 17.1. The molecule has 3 aromatic rings. The number of aryl methyl sites for hydroxylation is 2. The summed E-state index contributed by atoms with van der Waals surface area (Å²) < 4.78 is 23.3. The first-order valence-electron chi connectivity index (χ1n) is 17.1. The fourth-order valence-corrected chi connectivity index (χ4v) is 5.46. The lowest BCUT2D eigenvalue weighted by atomic mass is 10.1. The number of ether oxygens (including phenoxy) is 3. The molecular weight excluding hydrogens is 666 g/mol. The van der Waals surface area contributed by atoms with Crippen LogP contribution in [0, 0.1) is 6.92 Å². The Bertz CT molecular complexity index is 1850. The number of nitrogens with one attached hydrogen (secondary N) is 1. The van der Waals surface area contributed by atoms with Crippen LogP contribution in [0.3, 0.4) is 0 Å². The minimum absolute atomic E-state index is 0.101. The minimum Gasteiger partial charge on any atom is -0.491 e. The maximum absolute atomic E-state index is 13.5. The molecule has 282 valence electrons. The predicted molar refractivity (Wildman–Crippen MR) is 201 cm³/mol. The molecule has 52 heavy (non-hydrogen) atoms. The van der Waals surface area contributed by atoms with E-state index in [9.17, 15) is 14.4 Å². The molecule has 1 saturated heterocycles. The lowest BCUT2D eigenvalue weighted by Gasteiger charge is -2.24. The summed E-state index contributed by atoms with van der Waals surface area (Å²) in [5.41, 5.74) is 9.75. The number of amides is 3. The number of hydrogen-bond acceptors (Lipinski definition) is 10. The average Bonchev–Trinajstić information content (AvgIpc) is 3.71. The van der Waals surface area contributed by atoms with Gasteiger partial charge in [0.05, 0.1) is 17.8 Å². The number of rotatable bonds is 13. The average molecular weight is 720 g/mol. The molecule has 3 amide bonds. The normalized spacial score (nSPS) is 13.9. The molecule has 0 saturated carbocycles. The summed E-state index contributed by atoms with van der Waals surface area (Å²) in [7, 11) is 4.91. The van der Waals surface area contributed by atoms with Crippen LogP contribution < -0.4 is 15.8 Å². The van der Waals surface area contributed by atoms with Gasteiger partial charge in [-0.2, -0.15) is 0 Å². The van der Waals surface area contributed by atoms with Gasteiger partial charge in [0.15, 0.2) is 5.89 Å². The second-order valence-electron chi connectivity index (χ2n) is 13.2. The Kier molecular flexibility index (Phi) is 14.4. The first-order chi connectivity index (χ1) is 24.5. The molecule has 4 rings (SSSR count). The number of allylic oxidation sites excluding steroid dienone is 4. The number of carbonyl (C=O) groups is 3. The zero-order valence-corrected chi connectivity index (χ0v) is 31.9. The summed E-state index contributed by atoms with van der Waals surface area (Å²) >= 11 is 0. The number of carbonyl (C=O) groups excluding carboxylic acids is 3. The molecule has 0 aliphatic carbocycles. The number of likely N-dealkylation sites (tertiary alicyclic amines) is 1. The number of methoxy groups -OCH3 is 1. The predicted octanol–water partition coefficient (Wildman–Crippen LogP) is 6.38. The fraction of sp³-hybridized carbons (Fsp3) is 0.447. The van der Waals surface area contributed by atoms with Crippen molar-refractivity contribution in [3.05, 3.63) is 83.4 Å². The summed E-state index contributed by atoms with van der Waals surface area (Å²) in [6.07, 6.45) is 7.23. The van der Waals surface area contributed by atoms with Gasteiger partial charge in [-0.1, -0.05) is 38.3 Å². The van der Waals surface area contributed by atoms with Crippen molar-refractivity contribution in [2.24, 2.45) is 5.73 Å². The van der Waals surface area contributed by atoms with Crippen molar-refractivity contribution in [2.75, 3.05) is 46.3 Å². The Labute approximate surface area is 306 Å². The van der Waals surface area contributed by atoms with Crippen LogP contribution >= 0.6 is 0 Å². The molecule has 1 fully saturated rings. The molecule has 0 bridgehead atoms. The number of primary amides is 1. The van der Waals surface area contributed by atoms with Crippen molar-refractivity contribution in [3.63, 3.8) is 0 Å². The van der Waals surface area contributed by atoms with E-state index in [1.54, 1.807) is 44.9 Å². The Morgan fingerprint density at radius 3 is 2.42 bits per heavy atom. The number of hydrogen-bond donors (Lipinski definition) is 2. The van der Waals surface area contributed by atoms with Crippen molar-refractivity contribution in [2.45, 2.75) is 73.0 Å². The molecule has 3 heterocycles. The molecule has 1 aromatic carbocycles. The Balaban J connectivity index is 0.00000235. The Hall–Kier alpha value is -5.37. The molecule has 1 aliphatic heterocycles. The summed E-state index contributed by atoms with van der Waals surface area (Å²) in [5, 5.41) is 2.87. The van der Waals surface area contributed by atoms with Crippen LogP contribution in [0.4, 0.5) is 10.7 Å². The molecule has 1 aliphatic rings. The van der Waals surface area contributed by atoms with Gasteiger partial charge in [0, 0.05) is 71.2 Å². The highest BCUT2D eigenvalue weighted by atomic mass is 16.6. The van der Waals surface area contributed by atoms with Crippen LogP contribution in [0.15, 0.2) is 64.9 Å². The minimum atomic E-state index is -0.659. The third-order valence-corrected chi connectivity index (χ3v) is 7.73. The lowest BCUT2D eigenvalue weighted by Crippen LogP contribution is -2.35. The molecule has 0 atom stereocenters. The van der Waals surface area contributed by atoms with E-state index in [2.05, 4.69) is 33.1 Å². The summed E-state index contributed by atoms with van der Waals surface area (Å²) in [6.45, 7) is 20.7. The van der Waals surface area contributed by atoms with Crippen LogP contribution in [-0.4, -0.2) is 88.8 Å². The van der Waals surface area contributed by atoms with E-state index in [0.717, 1.165) is 17.0 Å². The Morgan fingerprint density at radius 2 is 1.81 bits per heavy atom. The van der Waals surface area contributed by atoms with Crippen molar-refractivity contribution in [1.82, 2.24) is 24.3 Å². The van der Waals surface area contributed by atoms with Gasteiger partial charge in [-0.05, 0) is 58.2 Å². The summed E-state index contributed by atoms with van der Waals surface area (Å²) in [4.78, 5) is 50.8. The van der Waals surface area contributed by atoms with Gasteiger partial charge in [0.1, 0.15) is 16.9 Å². The molecular formula is C38H53N7O7. The highest BCUT2D eigenvalue weighted by Crippen LogP contribution is 2.34. The van der Waals surface area contributed by atoms with Crippen LogP contribution in [0.2, 0.25) is 0 Å². The van der Waals surface area contributed by atoms with Gasteiger partial charge in [-0.15, -0.1) is 0 Å². The highest BCUT2D eigenvalue weighted by Gasteiger charge is 2.25. The molecule has 0 unspecified atom stereocenters. The molecule has 0 spiro atoms. The summed E-state index contributed by atoms with van der Waals surface area (Å²) in [5.74, 6) is -0.130. The molecule has 3 N–H and O–H groups in total. The van der Waals surface area contributed by atoms with E-state index in [-0.39, 0.29) is 23.9 Å². The molecule has 0 radical (unpaired) electrons. The topological polar surface area (TPSA) is 167 Å². The SMILES string of the molecule is C=C1CC(=C)N(C/C=C/Cn2c(NC(=O)c3oc(C)nc3CC)nc3cc(C(N)=O)cc(OCCCN(C)C(=O)OC(C)(C)C)c32)/C1=C/C.COC. The van der Waals surface area contributed by atoms with Crippen molar-refractivity contribution in [3.8, 4) is 5.75 Å². The largest absolute Gasteiger partial charge is 0.491 e. The number of anilines is 1. The lowest BCUT2D eigenvalue weighted by molar-refractivity contribution is 0.0292. The van der Waals surface area contributed by atoms with Gasteiger partial charge in [0.2, 0.25) is 17.6 Å². The monoisotopic (exact) mass is 719 g/mol. The zero-order valence-electron chi connectivity index (χ0n) is 31.9. The van der Waals surface area contributed by atoms with Crippen molar-refractivity contribution in [1.29, 1.82) is 0 Å². The second kappa shape index (κ2) is 18.2. The highest BCUT2D eigenvalue weighted by molar-refractivity contribution is 6.04. The Morgan fingerprint density at radius 1 is 1.13 bits per heavy atom. The standard InChI is InChI=1S/C36H47N7O6.C2H6O/c1-10-26-31(48-24(5)38-26)33(45)40-34-39-27-20-25(32(37)44)21-29(47-18-14-15-41(9)35(46)49-36(6,7)8)30(27)43(34)17-13-12-16-42-23(4)19-22(3)28(42)11-2;1-3-2/h11-13,20-21H,3-4,10,14-19H2,1-2,5-9H3,(H2,37,44)(H,39,40,45);1-2H3/b13-12+,28-11+;. The number of imidazole rings is 1. The van der Waals surface area contributed by atoms with E-state index in [1.807, 2.05) is 52.8 Å². The van der Waals surface area contributed by atoms with Crippen LogP contribution in [0.1, 0.15) is 80.0 Å². The first kappa shape index (κ1) is 41.1. The zero-order chi connectivity index (χ0) is 38.7. The third kappa shape index (κ3) is 10.6. The third-order valence-electron chi connectivity index (χ3n) is 7.73. The van der Waals surface area contributed by atoms with E-state index in [4.69, 9.17) is 24.6 Å². The number of oxazole rings is 1. The molecule has 14 nitrogen and oxygen atoms in total. The van der Waals surface area contributed by atoms with Gasteiger partial charge in [-0.25, -0.2) is 14.8 Å². The summed E-state index contributed by atoms with van der Waals surface area (Å²) in [6, 6.07) is 3.12. The van der Waals surface area contributed by atoms with Crippen LogP contribution in [0.5, 0.6) is 5.75 Å². The molecule has 14 heteroatoms. The fourth-order valence-electron chi connectivity index (χ4n) is 5.46. The maximum Gasteiger partial charge on any atom is 0.410 e. The van der Waals surface area contributed by atoms with Gasteiger partial charge in [-0.3, -0.25) is 14.9 Å². The van der Waals surface area contributed by atoms with Crippen LogP contribution in [-0.2, 0) is 22.4 Å². The number of aromatic nitrogens is 3. The van der Waals surface area contributed by atoms with Gasteiger partial charge in [0.25, 0.3) is 5.91 Å². The van der Waals surface area contributed by atoms with E-state index in [0.29, 0.717) is 67.3 Å². The second-order valence-corrected chi connectivity index (χ2v) is 13.2.